The second-order valence-electron chi connectivity index (χ2n) is 6.77. The highest BCUT2D eigenvalue weighted by Gasteiger charge is 2.21. The van der Waals surface area contributed by atoms with E-state index in [4.69, 9.17) is 20.8 Å². The second kappa shape index (κ2) is 8.05. The zero-order chi connectivity index (χ0) is 22.2. The van der Waals surface area contributed by atoms with Gasteiger partial charge in [-0.3, -0.25) is 0 Å². The van der Waals surface area contributed by atoms with E-state index < -0.39 is 15.8 Å². The van der Waals surface area contributed by atoms with Gasteiger partial charge in [-0.25, -0.2) is 17.9 Å². The zero-order valence-corrected chi connectivity index (χ0v) is 18.1. The van der Waals surface area contributed by atoms with Gasteiger partial charge in [-0.2, -0.15) is 5.10 Å². The third kappa shape index (κ3) is 4.12. The van der Waals surface area contributed by atoms with Gasteiger partial charge in [0.25, 0.3) is 0 Å². The summed E-state index contributed by atoms with van der Waals surface area (Å²) in [5.41, 5.74) is 2.49. The Kier molecular flexibility index (Phi) is 5.43. The van der Waals surface area contributed by atoms with Gasteiger partial charge in [0.1, 0.15) is 5.69 Å². The van der Waals surface area contributed by atoms with Crippen LogP contribution in [0, 0.1) is 0 Å². The molecule has 7 nitrogen and oxygen atoms in total. The van der Waals surface area contributed by atoms with Crippen LogP contribution in [0.25, 0.3) is 28.3 Å². The second-order valence-corrected chi connectivity index (χ2v) is 9.19. The first-order valence-electron chi connectivity index (χ1n) is 9.10. The molecule has 9 heteroatoms. The van der Waals surface area contributed by atoms with Gasteiger partial charge in [0.2, 0.25) is 0 Å². The molecule has 0 aliphatic rings. The molecule has 0 saturated heterocycles. The normalized spacial score (nSPS) is 11.5. The van der Waals surface area contributed by atoms with E-state index >= 15 is 0 Å². The molecule has 4 rings (SSSR count). The van der Waals surface area contributed by atoms with Crippen LogP contribution in [0.1, 0.15) is 10.5 Å². The monoisotopic (exact) mass is 456 g/mol. The molecule has 0 saturated carbocycles. The third-order valence-electron chi connectivity index (χ3n) is 4.63. The summed E-state index contributed by atoms with van der Waals surface area (Å²) in [4.78, 5) is 12.3. The lowest BCUT2D eigenvalue weighted by Gasteiger charge is -2.07. The zero-order valence-electron chi connectivity index (χ0n) is 16.6. The highest BCUT2D eigenvalue weighted by atomic mass is 35.5. The van der Waals surface area contributed by atoms with Crippen LogP contribution in [-0.4, -0.2) is 37.5 Å². The topological polar surface area (TPSA) is 91.4 Å². The molecule has 158 valence electrons. The predicted molar refractivity (Wildman–Crippen MR) is 116 cm³/mol. The first kappa shape index (κ1) is 20.9. The smallest absolute Gasteiger partial charge is 0.358 e. The molecular formula is C22H17ClN2O5S. The number of methoxy groups -OCH3 is 1. The van der Waals surface area contributed by atoms with E-state index in [9.17, 15) is 13.2 Å². The fourth-order valence-corrected chi connectivity index (χ4v) is 3.98. The molecule has 2 aromatic heterocycles. The van der Waals surface area contributed by atoms with Crippen molar-refractivity contribution >= 4 is 27.4 Å². The lowest BCUT2D eigenvalue weighted by molar-refractivity contribution is 0.0593. The average molecular weight is 457 g/mol. The standard InChI is InChI=1S/C22H17ClN2O5S/c1-29-22(26)18-12-20(25(24-18)19-9-4-3-8-17(19)23)21-11-15(13-30-21)14-6-5-7-16(10-14)31(2,27)28/h3-13H,1-2H3. The molecular weight excluding hydrogens is 440 g/mol. The number of sulfone groups is 1. The molecule has 0 radical (unpaired) electrons. The SMILES string of the molecule is COC(=O)c1cc(-c2cc(-c3cccc(S(C)(=O)=O)c3)co2)n(-c2ccccc2Cl)n1. The van der Waals surface area contributed by atoms with Crippen molar-refractivity contribution in [2.24, 2.45) is 0 Å². The van der Waals surface area contributed by atoms with Crippen molar-refractivity contribution in [2.45, 2.75) is 4.90 Å². The number of furan rings is 1. The van der Waals surface area contributed by atoms with Gasteiger partial charge in [0.05, 0.1) is 29.0 Å². The number of para-hydroxylation sites is 1. The van der Waals surface area contributed by atoms with E-state index in [1.54, 1.807) is 54.6 Å². The Hall–Kier alpha value is -3.36. The van der Waals surface area contributed by atoms with Crippen LogP contribution in [0.5, 0.6) is 0 Å². The number of benzene rings is 2. The first-order chi connectivity index (χ1) is 14.8. The highest BCUT2D eigenvalue weighted by molar-refractivity contribution is 7.90. The summed E-state index contributed by atoms with van der Waals surface area (Å²) in [7, 11) is -2.07. The Morgan fingerprint density at radius 3 is 2.55 bits per heavy atom. The molecule has 0 aliphatic carbocycles. The molecule has 0 unspecified atom stereocenters. The number of hydrogen-bond acceptors (Lipinski definition) is 6. The minimum Gasteiger partial charge on any atom is -0.464 e. The van der Waals surface area contributed by atoms with E-state index in [0.717, 1.165) is 6.26 Å². The largest absolute Gasteiger partial charge is 0.464 e. The number of hydrogen-bond donors (Lipinski definition) is 0. The molecule has 0 amide bonds. The quantitative estimate of drug-likeness (QED) is 0.406. The lowest BCUT2D eigenvalue weighted by atomic mass is 10.1. The van der Waals surface area contributed by atoms with Gasteiger partial charge in [-0.1, -0.05) is 35.9 Å². The maximum atomic E-state index is 12.1. The Morgan fingerprint density at radius 1 is 1.06 bits per heavy atom. The summed E-state index contributed by atoms with van der Waals surface area (Å²) in [5.74, 6) is -0.179. The lowest BCUT2D eigenvalue weighted by Crippen LogP contribution is -2.04. The van der Waals surface area contributed by atoms with Crippen LogP contribution >= 0.6 is 11.6 Å². The molecule has 31 heavy (non-hydrogen) atoms. The number of carbonyl (C=O) groups is 1. The summed E-state index contributed by atoms with van der Waals surface area (Å²) in [6.07, 6.45) is 2.67. The summed E-state index contributed by atoms with van der Waals surface area (Å²) in [5, 5.41) is 4.78. The molecule has 0 bridgehead atoms. The average Bonchev–Trinajstić information content (AvgIpc) is 3.40. The van der Waals surface area contributed by atoms with Crippen LogP contribution in [0.4, 0.5) is 0 Å². The van der Waals surface area contributed by atoms with E-state index in [1.807, 2.05) is 0 Å². The van der Waals surface area contributed by atoms with Crippen molar-refractivity contribution in [3.05, 3.63) is 77.6 Å². The minimum atomic E-state index is -3.35. The summed E-state index contributed by atoms with van der Waals surface area (Å²) in [6, 6.07) is 16.9. The Labute approximate surface area is 183 Å². The molecule has 2 aromatic carbocycles. The van der Waals surface area contributed by atoms with Crippen molar-refractivity contribution in [2.75, 3.05) is 13.4 Å². The van der Waals surface area contributed by atoms with Gasteiger partial charge in [-0.05, 0) is 35.9 Å². The number of halogens is 1. The van der Waals surface area contributed by atoms with Crippen LogP contribution < -0.4 is 0 Å². The van der Waals surface area contributed by atoms with Crippen molar-refractivity contribution in [3.63, 3.8) is 0 Å². The van der Waals surface area contributed by atoms with Gasteiger partial charge < -0.3 is 9.15 Å². The van der Waals surface area contributed by atoms with Crippen LogP contribution in [-0.2, 0) is 14.6 Å². The van der Waals surface area contributed by atoms with Crippen molar-refractivity contribution in [1.82, 2.24) is 9.78 Å². The van der Waals surface area contributed by atoms with Crippen LogP contribution in [0.15, 0.2) is 76.2 Å². The summed E-state index contributed by atoms with van der Waals surface area (Å²) >= 11 is 6.34. The first-order valence-corrected chi connectivity index (χ1v) is 11.4. The Balaban J connectivity index is 1.83. The maximum Gasteiger partial charge on any atom is 0.358 e. The fraction of sp³-hybridized carbons (Fsp3) is 0.0909. The molecule has 4 aromatic rings. The van der Waals surface area contributed by atoms with Crippen molar-refractivity contribution in [1.29, 1.82) is 0 Å². The third-order valence-corrected chi connectivity index (χ3v) is 6.06. The maximum absolute atomic E-state index is 12.1. The van der Waals surface area contributed by atoms with E-state index in [1.165, 1.54) is 24.1 Å². The van der Waals surface area contributed by atoms with E-state index in [2.05, 4.69) is 5.10 Å². The Morgan fingerprint density at radius 2 is 1.84 bits per heavy atom. The Bertz CT molecular complexity index is 1390. The number of ether oxygens (including phenoxy) is 1. The molecule has 0 aliphatic heterocycles. The molecule has 2 heterocycles. The molecule has 0 spiro atoms. The highest BCUT2D eigenvalue weighted by Crippen LogP contribution is 2.33. The van der Waals surface area contributed by atoms with Gasteiger partial charge >= 0.3 is 5.97 Å². The van der Waals surface area contributed by atoms with Gasteiger partial charge in [0, 0.05) is 17.9 Å². The summed E-state index contributed by atoms with van der Waals surface area (Å²) in [6.45, 7) is 0. The minimum absolute atomic E-state index is 0.0921. The molecule has 0 fully saturated rings. The fourth-order valence-electron chi connectivity index (χ4n) is 3.10. The van der Waals surface area contributed by atoms with Gasteiger partial charge in [0.15, 0.2) is 21.3 Å². The van der Waals surface area contributed by atoms with E-state index in [0.29, 0.717) is 33.3 Å². The van der Waals surface area contributed by atoms with Crippen molar-refractivity contribution in [3.8, 4) is 28.3 Å². The number of aromatic nitrogens is 2. The van der Waals surface area contributed by atoms with Crippen LogP contribution in [0.3, 0.4) is 0 Å². The predicted octanol–water partition coefficient (Wildman–Crippen LogP) is 4.64. The molecule has 0 N–H and O–H groups in total. The number of carbonyl (C=O) groups excluding carboxylic acids is 1. The van der Waals surface area contributed by atoms with Gasteiger partial charge in [-0.15, -0.1) is 0 Å². The van der Waals surface area contributed by atoms with Crippen molar-refractivity contribution < 1.29 is 22.4 Å². The number of nitrogens with zero attached hydrogens (tertiary/aromatic N) is 2. The summed E-state index contributed by atoms with van der Waals surface area (Å²) < 4.78 is 35.8. The van der Waals surface area contributed by atoms with E-state index in [-0.39, 0.29) is 10.6 Å². The number of esters is 1. The number of rotatable bonds is 5. The van der Waals surface area contributed by atoms with Crippen LogP contribution in [0.2, 0.25) is 5.02 Å². The molecule has 0 atom stereocenters.